The van der Waals surface area contributed by atoms with Gasteiger partial charge < -0.3 is 18.9 Å². The van der Waals surface area contributed by atoms with Crippen LogP contribution in [0.2, 0.25) is 0 Å². The summed E-state index contributed by atoms with van der Waals surface area (Å²) in [6.45, 7) is 7.10. The standard InChI is InChI=1S/C15H23NO4/c1-12-10-15(14(18-3)11-13(12)17-2)20-9-6-16-4-7-19-8-5-16/h10-11H,4-9H2,1-3H3. The van der Waals surface area contributed by atoms with Gasteiger partial charge in [-0.3, -0.25) is 4.90 Å². The van der Waals surface area contributed by atoms with E-state index in [-0.39, 0.29) is 0 Å². The number of aryl methyl sites for hydroxylation is 1. The molecule has 1 aromatic rings. The molecule has 5 nitrogen and oxygen atoms in total. The summed E-state index contributed by atoms with van der Waals surface area (Å²) in [5, 5.41) is 0. The number of benzene rings is 1. The monoisotopic (exact) mass is 281 g/mol. The van der Waals surface area contributed by atoms with Gasteiger partial charge in [-0.15, -0.1) is 0 Å². The van der Waals surface area contributed by atoms with Crippen LogP contribution in [0.1, 0.15) is 5.56 Å². The molecule has 1 saturated heterocycles. The second kappa shape index (κ2) is 7.36. The molecule has 1 fully saturated rings. The Balaban J connectivity index is 1.92. The van der Waals surface area contributed by atoms with E-state index >= 15 is 0 Å². The highest BCUT2D eigenvalue weighted by molar-refractivity contribution is 5.50. The van der Waals surface area contributed by atoms with E-state index in [0.717, 1.165) is 49.9 Å². The van der Waals surface area contributed by atoms with Gasteiger partial charge in [-0.05, 0) is 18.6 Å². The van der Waals surface area contributed by atoms with Gasteiger partial charge in [-0.1, -0.05) is 0 Å². The Morgan fingerprint density at radius 3 is 2.40 bits per heavy atom. The molecular weight excluding hydrogens is 258 g/mol. The summed E-state index contributed by atoms with van der Waals surface area (Å²) < 4.78 is 21.8. The summed E-state index contributed by atoms with van der Waals surface area (Å²) in [6, 6.07) is 3.82. The van der Waals surface area contributed by atoms with Crippen molar-refractivity contribution in [2.24, 2.45) is 0 Å². The molecule has 5 heteroatoms. The van der Waals surface area contributed by atoms with E-state index in [1.54, 1.807) is 14.2 Å². The predicted molar refractivity (Wildman–Crippen MR) is 77.0 cm³/mol. The van der Waals surface area contributed by atoms with Gasteiger partial charge in [0.25, 0.3) is 0 Å². The lowest BCUT2D eigenvalue weighted by Crippen LogP contribution is -2.38. The first-order valence-electron chi connectivity index (χ1n) is 6.90. The van der Waals surface area contributed by atoms with Crippen LogP contribution >= 0.6 is 0 Å². The van der Waals surface area contributed by atoms with Gasteiger partial charge in [0.2, 0.25) is 0 Å². The lowest BCUT2D eigenvalue weighted by atomic mass is 10.2. The average Bonchev–Trinajstić information content (AvgIpc) is 2.48. The fraction of sp³-hybridized carbons (Fsp3) is 0.600. The molecule has 0 saturated carbocycles. The Hall–Kier alpha value is -1.46. The van der Waals surface area contributed by atoms with Crippen molar-refractivity contribution in [1.82, 2.24) is 4.90 Å². The third-order valence-electron chi connectivity index (χ3n) is 3.45. The van der Waals surface area contributed by atoms with Gasteiger partial charge in [0, 0.05) is 25.7 Å². The van der Waals surface area contributed by atoms with Crippen LogP contribution in [0.4, 0.5) is 0 Å². The predicted octanol–water partition coefficient (Wildman–Crippen LogP) is 1.72. The van der Waals surface area contributed by atoms with Crippen molar-refractivity contribution in [1.29, 1.82) is 0 Å². The SMILES string of the molecule is COc1cc(OC)c(OCCN2CCOCC2)cc1C. The van der Waals surface area contributed by atoms with E-state index in [1.807, 2.05) is 19.1 Å². The number of hydrogen-bond acceptors (Lipinski definition) is 5. The Labute approximate surface area is 120 Å². The van der Waals surface area contributed by atoms with Crippen LogP contribution in [0.5, 0.6) is 17.2 Å². The minimum absolute atomic E-state index is 0.641. The highest BCUT2D eigenvalue weighted by Gasteiger charge is 2.12. The smallest absolute Gasteiger partial charge is 0.164 e. The van der Waals surface area contributed by atoms with Crippen LogP contribution < -0.4 is 14.2 Å². The lowest BCUT2D eigenvalue weighted by Gasteiger charge is -2.26. The molecule has 1 aliphatic rings. The van der Waals surface area contributed by atoms with E-state index in [0.29, 0.717) is 12.4 Å². The van der Waals surface area contributed by atoms with Crippen LogP contribution in [0.25, 0.3) is 0 Å². The number of rotatable bonds is 6. The second-order valence-corrected chi connectivity index (χ2v) is 4.78. The van der Waals surface area contributed by atoms with Gasteiger partial charge in [0.05, 0.1) is 27.4 Å². The fourth-order valence-corrected chi connectivity index (χ4v) is 2.24. The number of methoxy groups -OCH3 is 2. The number of hydrogen-bond donors (Lipinski definition) is 0. The summed E-state index contributed by atoms with van der Waals surface area (Å²) in [7, 11) is 3.29. The summed E-state index contributed by atoms with van der Waals surface area (Å²) in [5.41, 5.74) is 1.04. The Kier molecular flexibility index (Phi) is 5.49. The highest BCUT2D eigenvalue weighted by atomic mass is 16.5. The molecule has 0 N–H and O–H groups in total. The van der Waals surface area contributed by atoms with Crippen LogP contribution in [-0.4, -0.2) is 58.6 Å². The molecule has 0 aliphatic carbocycles. The average molecular weight is 281 g/mol. The Morgan fingerprint density at radius 1 is 1.05 bits per heavy atom. The summed E-state index contributed by atoms with van der Waals surface area (Å²) in [6.07, 6.45) is 0. The summed E-state index contributed by atoms with van der Waals surface area (Å²) in [4.78, 5) is 2.34. The van der Waals surface area contributed by atoms with Crippen molar-refractivity contribution in [2.75, 3.05) is 53.7 Å². The number of nitrogens with zero attached hydrogens (tertiary/aromatic N) is 1. The zero-order valence-electron chi connectivity index (χ0n) is 12.5. The first-order valence-corrected chi connectivity index (χ1v) is 6.90. The maximum Gasteiger partial charge on any atom is 0.164 e. The van der Waals surface area contributed by atoms with Crippen molar-refractivity contribution in [3.63, 3.8) is 0 Å². The lowest BCUT2D eigenvalue weighted by molar-refractivity contribution is 0.0321. The molecule has 0 radical (unpaired) electrons. The second-order valence-electron chi connectivity index (χ2n) is 4.78. The molecule has 112 valence electrons. The van der Waals surface area contributed by atoms with E-state index in [4.69, 9.17) is 18.9 Å². The molecule has 1 aliphatic heterocycles. The normalized spacial score (nSPS) is 15.9. The summed E-state index contributed by atoms with van der Waals surface area (Å²) in [5.74, 6) is 2.27. The van der Waals surface area contributed by atoms with Crippen LogP contribution in [-0.2, 0) is 4.74 Å². The maximum atomic E-state index is 5.85. The minimum atomic E-state index is 0.641. The zero-order valence-corrected chi connectivity index (χ0v) is 12.5. The van der Waals surface area contributed by atoms with Gasteiger partial charge >= 0.3 is 0 Å². The third-order valence-corrected chi connectivity index (χ3v) is 3.45. The molecule has 2 rings (SSSR count). The molecule has 0 spiro atoms. The topological polar surface area (TPSA) is 40.2 Å². The fourth-order valence-electron chi connectivity index (χ4n) is 2.24. The van der Waals surface area contributed by atoms with Crippen molar-refractivity contribution >= 4 is 0 Å². The van der Waals surface area contributed by atoms with Gasteiger partial charge in [-0.2, -0.15) is 0 Å². The molecule has 0 amide bonds. The minimum Gasteiger partial charge on any atom is -0.496 e. The Morgan fingerprint density at radius 2 is 1.75 bits per heavy atom. The molecule has 0 atom stereocenters. The molecule has 20 heavy (non-hydrogen) atoms. The largest absolute Gasteiger partial charge is 0.496 e. The van der Waals surface area contributed by atoms with Gasteiger partial charge in [0.15, 0.2) is 11.5 Å². The van der Waals surface area contributed by atoms with Crippen molar-refractivity contribution in [3.8, 4) is 17.2 Å². The van der Waals surface area contributed by atoms with Gasteiger partial charge in [0.1, 0.15) is 12.4 Å². The molecule has 1 heterocycles. The van der Waals surface area contributed by atoms with E-state index in [2.05, 4.69) is 4.90 Å². The zero-order chi connectivity index (χ0) is 14.4. The van der Waals surface area contributed by atoms with E-state index < -0.39 is 0 Å². The molecule has 1 aromatic carbocycles. The highest BCUT2D eigenvalue weighted by Crippen LogP contribution is 2.34. The molecule has 0 unspecified atom stereocenters. The van der Waals surface area contributed by atoms with Crippen molar-refractivity contribution in [2.45, 2.75) is 6.92 Å². The van der Waals surface area contributed by atoms with Crippen LogP contribution in [0.3, 0.4) is 0 Å². The Bertz CT molecular complexity index is 430. The van der Waals surface area contributed by atoms with Crippen LogP contribution in [0, 0.1) is 6.92 Å². The van der Waals surface area contributed by atoms with Crippen molar-refractivity contribution < 1.29 is 18.9 Å². The van der Waals surface area contributed by atoms with E-state index in [9.17, 15) is 0 Å². The quantitative estimate of drug-likeness (QED) is 0.794. The van der Waals surface area contributed by atoms with Crippen molar-refractivity contribution in [3.05, 3.63) is 17.7 Å². The molecule has 0 bridgehead atoms. The number of morpholine rings is 1. The summed E-state index contributed by atoms with van der Waals surface area (Å²) >= 11 is 0. The molecule has 0 aromatic heterocycles. The maximum absolute atomic E-state index is 5.85. The van der Waals surface area contributed by atoms with E-state index in [1.165, 1.54) is 0 Å². The first-order chi connectivity index (χ1) is 9.74. The van der Waals surface area contributed by atoms with Gasteiger partial charge in [-0.25, -0.2) is 0 Å². The number of ether oxygens (including phenoxy) is 4. The first kappa shape index (κ1) is 14.9. The van der Waals surface area contributed by atoms with Crippen LogP contribution in [0.15, 0.2) is 12.1 Å². The third kappa shape index (κ3) is 3.77. The molecular formula is C15H23NO4.